The van der Waals surface area contributed by atoms with Gasteiger partial charge in [0.15, 0.2) is 0 Å². The first-order valence-electron chi connectivity index (χ1n) is 4.74. The second-order valence-electron chi connectivity index (χ2n) is 2.65. The second kappa shape index (κ2) is 9.45. The van der Waals surface area contributed by atoms with E-state index in [1.165, 1.54) is 18.4 Å². The molecule has 0 rings (SSSR count). The molecule has 0 spiro atoms. The van der Waals surface area contributed by atoms with Gasteiger partial charge in [0.2, 0.25) is 5.91 Å². The van der Waals surface area contributed by atoms with Gasteiger partial charge in [0.1, 0.15) is 6.61 Å². The average molecular weight is 221 g/mol. The molecule has 0 saturated heterocycles. The molecule has 0 aromatic rings. The maximum Gasteiger partial charge on any atom is 0.332 e. The zero-order valence-corrected chi connectivity index (χ0v) is 9.18. The SMILES string of the molecule is C=CCOC(=O)/C=C/NC(=O)/C=C/C=C/C. The van der Waals surface area contributed by atoms with Gasteiger partial charge in [0.05, 0.1) is 0 Å². The number of hydrogen-bond acceptors (Lipinski definition) is 3. The molecule has 0 aromatic carbocycles. The van der Waals surface area contributed by atoms with E-state index in [2.05, 4.69) is 16.6 Å². The Balaban J connectivity index is 3.86. The molecule has 4 heteroatoms. The van der Waals surface area contributed by atoms with Gasteiger partial charge in [0.25, 0.3) is 0 Å². The lowest BCUT2D eigenvalue weighted by atomic mass is 10.4. The van der Waals surface area contributed by atoms with E-state index in [9.17, 15) is 9.59 Å². The van der Waals surface area contributed by atoms with Crippen LogP contribution < -0.4 is 5.32 Å². The fraction of sp³-hybridized carbons (Fsp3) is 0.167. The van der Waals surface area contributed by atoms with E-state index >= 15 is 0 Å². The second-order valence-corrected chi connectivity index (χ2v) is 2.65. The van der Waals surface area contributed by atoms with Crippen LogP contribution in [-0.4, -0.2) is 18.5 Å². The number of carbonyl (C=O) groups is 2. The van der Waals surface area contributed by atoms with Gasteiger partial charge in [0, 0.05) is 18.4 Å². The Kier molecular flexibility index (Phi) is 8.21. The van der Waals surface area contributed by atoms with Crippen molar-refractivity contribution in [1.82, 2.24) is 5.32 Å². The summed E-state index contributed by atoms with van der Waals surface area (Å²) < 4.78 is 4.65. The molecule has 1 N–H and O–H groups in total. The maximum absolute atomic E-state index is 11.1. The van der Waals surface area contributed by atoms with E-state index in [1.54, 1.807) is 18.2 Å². The lowest BCUT2D eigenvalue weighted by Crippen LogP contribution is -2.14. The zero-order chi connectivity index (χ0) is 12.2. The van der Waals surface area contributed by atoms with Crippen molar-refractivity contribution < 1.29 is 14.3 Å². The molecule has 1 amide bonds. The summed E-state index contributed by atoms with van der Waals surface area (Å²) in [5.74, 6) is -0.844. The van der Waals surface area contributed by atoms with Crippen LogP contribution in [-0.2, 0) is 14.3 Å². The monoisotopic (exact) mass is 221 g/mol. The van der Waals surface area contributed by atoms with Crippen LogP contribution >= 0.6 is 0 Å². The van der Waals surface area contributed by atoms with Gasteiger partial charge in [-0.2, -0.15) is 0 Å². The third-order valence-corrected chi connectivity index (χ3v) is 1.34. The van der Waals surface area contributed by atoms with Gasteiger partial charge in [-0.05, 0) is 6.92 Å². The van der Waals surface area contributed by atoms with Crippen molar-refractivity contribution in [2.24, 2.45) is 0 Å². The highest BCUT2D eigenvalue weighted by Crippen LogP contribution is 1.82. The summed E-state index contributed by atoms with van der Waals surface area (Å²) in [6.45, 7) is 5.39. The molecule has 0 aliphatic heterocycles. The summed E-state index contributed by atoms with van der Waals surface area (Å²) in [7, 11) is 0. The molecule has 0 bridgehead atoms. The van der Waals surface area contributed by atoms with Crippen molar-refractivity contribution in [1.29, 1.82) is 0 Å². The van der Waals surface area contributed by atoms with Crippen LogP contribution in [0.2, 0.25) is 0 Å². The van der Waals surface area contributed by atoms with Crippen molar-refractivity contribution in [3.8, 4) is 0 Å². The smallest absolute Gasteiger partial charge is 0.332 e. The Bertz CT molecular complexity index is 327. The topological polar surface area (TPSA) is 55.4 Å². The summed E-state index contributed by atoms with van der Waals surface area (Å²) >= 11 is 0. The fourth-order valence-corrected chi connectivity index (χ4v) is 0.683. The predicted octanol–water partition coefficient (Wildman–Crippen LogP) is 1.48. The third-order valence-electron chi connectivity index (χ3n) is 1.34. The number of amides is 1. The molecular formula is C12H15NO3. The Morgan fingerprint density at radius 3 is 2.69 bits per heavy atom. The van der Waals surface area contributed by atoms with Gasteiger partial charge < -0.3 is 10.1 Å². The quantitative estimate of drug-likeness (QED) is 0.320. The van der Waals surface area contributed by atoms with Crippen molar-refractivity contribution in [3.05, 3.63) is 49.2 Å². The van der Waals surface area contributed by atoms with E-state index in [1.807, 2.05) is 6.92 Å². The largest absolute Gasteiger partial charge is 0.458 e. The summed E-state index contributed by atoms with van der Waals surface area (Å²) in [5.41, 5.74) is 0. The lowest BCUT2D eigenvalue weighted by Gasteiger charge is -1.95. The number of rotatable bonds is 6. The first-order valence-corrected chi connectivity index (χ1v) is 4.74. The van der Waals surface area contributed by atoms with Crippen molar-refractivity contribution in [3.63, 3.8) is 0 Å². The molecule has 0 heterocycles. The molecule has 0 radical (unpaired) electrons. The van der Waals surface area contributed by atoms with Gasteiger partial charge >= 0.3 is 5.97 Å². The Labute approximate surface area is 95.0 Å². The zero-order valence-electron chi connectivity index (χ0n) is 9.18. The summed E-state index contributed by atoms with van der Waals surface area (Å²) in [6.07, 6.45) is 10.3. The Morgan fingerprint density at radius 2 is 2.06 bits per heavy atom. The highest BCUT2D eigenvalue weighted by Gasteiger charge is 1.94. The molecule has 0 atom stereocenters. The number of allylic oxidation sites excluding steroid dienone is 3. The summed E-state index contributed by atoms with van der Waals surface area (Å²) in [4.78, 5) is 22.0. The van der Waals surface area contributed by atoms with Gasteiger partial charge in [-0.15, -0.1) is 0 Å². The molecular weight excluding hydrogens is 206 g/mol. The van der Waals surface area contributed by atoms with E-state index in [0.29, 0.717) is 0 Å². The summed E-state index contributed by atoms with van der Waals surface area (Å²) in [6, 6.07) is 0. The van der Waals surface area contributed by atoms with E-state index in [0.717, 1.165) is 6.08 Å². The molecule has 0 aliphatic rings. The number of esters is 1. The number of nitrogens with one attached hydrogen (secondary N) is 1. The molecule has 0 unspecified atom stereocenters. The van der Waals surface area contributed by atoms with Crippen LogP contribution in [0.15, 0.2) is 49.2 Å². The first kappa shape index (κ1) is 13.9. The molecule has 0 saturated carbocycles. The van der Waals surface area contributed by atoms with Crippen molar-refractivity contribution in [2.45, 2.75) is 6.92 Å². The molecule has 4 nitrogen and oxygen atoms in total. The van der Waals surface area contributed by atoms with Gasteiger partial charge in [-0.1, -0.05) is 30.9 Å². The van der Waals surface area contributed by atoms with Crippen LogP contribution in [0.5, 0.6) is 0 Å². The van der Waals surface area contributed by atoms with Crippen LogP contribution in [0.1, 0.15) is 6.92 Å². The molecule has 0 fully saturated rings. The lowest BCUT2D eigenvalue weighted by molar-refractivity contribution is -0.136. The van der Waals surface area contributed by atoms with Crippen LogP contribution in [0.3, 0.4) is 0 Å². The van der Waals surface area contributed by atoms with Gasteiger partial charge in [-0.25, -0.2) is 4.79 Å². The van der Waals surface area contributed by atoms with Crippen molar-refractivity contribution in [2.75, 3.05) is 6.61 Å². The van der Waals surface area contributed by atoms with Crippen molar-refractivity contribution >= 4 is 11.9 Å². The fourth-order valence-electron chi connectivity index (χ4n) is 0.683. The van der Waals surface area contributed by atoms with Crippen LogP contribution in [0.4, 0.5) is 0 Å². The van der Waals surface area contributed by atoms with E-state index in [4.69, 9.17) is 0 Å². The van der Waals surface area contributed by atoms with E-state index < -0.39 is 5.97 Å². The third kappa shape index (κ3) is 8.50. The molecule has 0 aliphatic carbocycles. The normalized spacial score (nSPS) is 11.1. The minimum atomic E-state index is -0.530. The first-order chi connectivity index (χ1) is 7.70. The Hall–Kier alpha value is -2.10. The number of hydrogen-bond donors (Lipinski definition) is 1. The number of carbonyl (C=O) groups excluding carboxylic acids is 2. The highest BCUT2D eigenvalue weighted by atomic mass is 16.5. The minimum Gasteiger partial charge on any atom is -0.458 e. The van der Waals surface area contributed by atoms with E-state index in [-0.39, 0.29) is 12.5 Å². The minimum absolute atomic E-state index is 0.151. The number of ether oxygens (including phenoxy) is 1. The maximum atomic E-state index is 11.1. The predicted molar refractivity (Wildman–Crippen MR) is 62.4 cm³/mol. The standard InChI is InChI=1S/C12H15NO3/c1-3-5-6-7-11(14)13-9-8-12(15)16-10-4-2/h3-9H,2,10H2,1H3,(H,13,14)/b5-3+,7-6+,9-8+. The molecule has 16 heavy (non-hydrogen) atoms. The van der Waals surface area contributed by atoms with Crippen LogP contribution in [0.25, 0.3) is 0 Å². The molecule has 86 valence electrons. The Morgan fingerprint density at radius 1 is 1.31 bits per heavy atom. The van der Waals surface area contributed by atoms with Crippen LogP contribution in [0, 0.1) is 0 Å². The van der Waals surface area contributed by atoms with Gasteiger partial charge in [-0.3, -0.25) is 4.79 Å². The average Bonchev–Trinajstić information content (AvgIpc) is 2.26. The highest BCUT2D eigenvalue weighted by molar-refractivity contribution is 5.89. The summed E-state index contributed by atoms with van der Waals surface area (Å²) in [5, 5.41) is 2.38. The molecule has 0 aromatic heterocycles.